The van der Waals surface area contributed by atoms with Crippen LogP contribution < -0.4 is 5.32 Å². The number of aromatic nitrogens is 3. The van der Waals surface area contributed by atoms with Crippen molar-refractivity contribution in [2.45, 2.75) is 19.4 Å². The van der Waals surface area contributed by atoms with E-state index in [1.807, 2.05) is 0 Å². The van der Waals surface area contributed by atoms with Gasteiger partial charge in [0.15, 0.2) is 10.9 Å². The van der Waals surface area contributed by atoms with Crippen LogP contribution in [0.2, 0.25) is 0 Å². The lowest BCUT2D eigenvalue weighted by atomic mass is 10.1. The minimum absolute atomic E-state index is 0.0298. The molecule has 4 rings (SSSR count). The van der Waals surface area contributed by atoms with E-state index in [2.05, 4.69) is 20.3 Å². The molecule has 0 aliphatic carbocycles. The van der Waals surface area contributed by atoms with Crippen LogP contribution in [-0.2, 0) is 0 Å². The molecule has 6 nitrogen and oxygen atoms in total. The highest BCUT2D eigenvalue weighted by atomic mass is 32.1. The van der Waals surface area contributed by atoms with E-state index in [0.717, 1.165) is 4.70 Å². The highest BCUT2D eigenvalue weighted by molar-refractivity contribution is 7.22. The molecular formula is C21H16F2N4O2S. The fraction of sp³-hybridized carbons (Fsp3) is 0.143. The van der Waals surface area contributed by atoms with E-state index in [9.17, 15) is 18.7 Å². The molecule has 0 saturated carbocycles. The third-order valence-electron chi connectivity index (χ3n) is 4.47. The summed E-state index contributed by atoms with van der Waals surface area (Å²) in [6, 6.07) is 8.45. The molecule has 9 heteroatoms. The van der Waals surface area contributed by atoms with Crippen LogP contribution in [0, 0.1) is 11.6 Å². The maximum atomic E-state index is 14.4. The molecule has 2 N–H and O–H groups in total. The molecule has 3 heterocycles. The van der Waals surface area contributed by atoms with Crippen LogP contribution in [0.25, 0.3) is 21.6 Å². The van der Waals surface area contributed by atoms with Crippen molar-refractivity contribution in [3.05, 3.63) is 71.6 Å². The smallest absolute Gasteiger partial charge is 0.259 e. The van der Waals surface area contributed by atoms with Crippen molar-refractivity contribution in [3.8, 4) is 11.4 Å². The van der Waals surface area contributed by atoms with Gasteiger partial charge in [-0.3, -0.25) is 20.1 Å². The first kappa shape index (κ1) is 20.0. The van der Waals surface area contributed by atoms with Gasteiger partial charge in [0.05, 0.1) is 27.6 Å². The van der Waals surface area contributed by atoms with Gasteiger partial charge in [-0.05, 0) is 36.8 Å². The van der Waals surface area contributed by atoms with Crippen LogP contribution in [0.5, 0.6) is 0 Å². The lowest BCUT2D eigenvalue weighted by Crippen LogP contribution is -2.12. The number of hydrogen-bond donors (Lipinski definition) is 2. The van der Waals surface area contributed by atoms with Crippen molar-refractivity contribution in [3.63, 3.8) is 0 Å². The average molecular weight is 426 g/mol. The monoisotopic (exact) mass is 426 g/mol. The number of benzene rings is 1. The molecule has 1 amide bonds. The number of aliphatic hydroxyl groups excluding tert-OH is 1. The Hall–Kier alpha value is -3.30. The molecule has 1 atom stereocenters. The highest BCUT2D eigenvalue weighted by Crippen LogP contribution is 2.27. The lowest BCUT2D eigenvalue weighted by molar-refractivity contribution is 0.102. The van der Waals surface area contributed by atoms with E-state index < -0.39 is 23.6 Å². The Morgan fingerprint density at radius 2 is 2.00 bits per heavy atom. The van der Waals surface area contributed by atoms with Crippen LogP contribution in [0.15, 0.2) is 48.8 Å². The van der Waals surface area contributed by atoms with Gasteiger partial charge in [0.25, 0.3) is 5.91 Å². The molecule has 0 bridgehead atoms. The van der Waals surface area contributed by atoms with Gasteiger partial charge in [0.2, 0.25) is 0 Å². The lowest BCUT2D eigenvalue weighted by Gasteiger charge is -2.09. The number of halogens is 2. The number of carbonyl (C=O) groups is 1. The molecule has 152 valence electrons. The van der Waals surface area contributed by atoms with Crippen LogP contribution in [-0.4, -0.2) is 26.0 Å². The van der Waals surface area contributed by atoms with E-state index >= 15 is 0 Å². The summed E-state index contributed by atoms with van der Waals surface area (Å²) < 4.78 is 28.4. The first-order chi connectivity index (χ1) is 14.4. The molecule has 0 spiro atoms. The number of carbonyl (C=O) groups excluding carboxylic acids is 1. The van der Waals surface area contributed by atoms with Gasteiger partial charge in [-0.1, -0.05) is 18.3 Å². The molecule has 0 aliphatic rings. The molecule has 0 radical (unpaired) electrons. The second kappa shape index (κ2) is 8.21. The van der Waals surface area contributed by atoms with Crippen molar-refractivity contribution in [1.29, 1.82) is 0 Å². The maximum Gasteiger partial charge on any atom is 0.259 e. The number of nitrogens with zero attached hydrogens (tertiary/aromatic N) is 3. The standard InChI is InChI=1S/C21H16F2N4O2S/c1-2-17(28)12-7-14(23)19(25-10-12)15-5-3-11(9-24-15)20(29)27-21-26-16-8-13(22)4-6-18(16)30-21/h3-10,17,28H,2H2,1H3,(H,26,27,29). The van der Waals surface area contributed by atoms with Crippen LogP contribution >= 0.6 is 11.3 Å². The quantitative estimate of drug-likeness (QED) is 0.482. The summed E-state index contributed by atoms with van der Waals surface area (Å²) in [6.45, 7) is 1.79. The molecular weight excluding hydrogens is 410 g/mol. The van der Waals surface area contributed by atoms with E-state index in [1.165, 1.54) is 54.1 Å². The molecule has 0 fully saturated rings. The summed E-state index contributed by atoms with van der Waals surface area (Å²) in [4.78, 5) is 24.8. The third-order valence-corrected chi connectivity index (χ3v) is 5.42. The zero-order valence-electron chi connectivity index (χ0n) is 15.8. The second-order valence-corrected chi connectivity index (χ2v) is 7.57. The second-order valence-electron chi connectivity index (χ2n) is 6.54. The van der Waals surface area contributed by atoms with Crippen LogP contribution in [0.1, 0.15) is 35.4 Å². The summed E-state index contributed by atoms with van der Waals surface area (Å²) in [5.41, 5.74) is 1.40. The molecule has 1 unspecified atom stereocenters. The number of aliphatic hydroxyl groups is 1. The Morgan fingerprint density at radius 1 is 1.17 bits per heavy atom. The third kappa shape index (κ3) is 4.03. The first-order valence-electron chi connectivity index (χ1n) is 9.12. The van der Waals surface area contributed by atoms with Crippen molar-refractivity contribution in [1.82, 2.24) is 15.0 Å². The van der Waals surface area contributed by atoms with E-state index in [4.69, 9.17) is 0 Å². The number of rotatable bonds is 5. The number of thiazole rings is 1. The van der Waals surface area contributed by atoms with Crippen molar-refractivity contribution >= 4 is 32.6 Å². The summed E-state index contributed by atoms with van der Waals surface area (Å²) in [5.74, 6) is -1.45. The van der Waals surface area contributed by atoms with Crippen LogP contribution in [0.4, 0.5) is 13.9 Å². The fourth-order valence-electron chi connectivity index (χ4n) is 2.85. The Balaban J connectivity index is 1.52. The summed E-state index contributed by atoms with van der Waals surface area (Å²) >= 11 is 1.23. The van der Waals surface area contributed by atoms with E-state index in [0.29, 0.717) is 22.6 Å². The maximum absolute atomic E-state index is 14.4. The molecule has 30 heavy (non-hydrogen) atoms. The zero-order chi connectivity index (χ0) is 21.3. The largest absolute Gasteiger partial charge is 0.388 e. The Labute approximate surface area is 174 Å². The van der Waals surface area contributed by atoms with Gasteiger partial charge >= 0.3 is 0 Å². The van der Waals surface area contributed by atoms with E-state index in [1.54, 1.807) is 13.0 Å². The van der Waals surface area contributed by atoms with Crippen molar-refractivity contribution in [2.24, 2.45) is 0 Å². The van der Waals surface area contributed by atoms with Crippen molar-refractivity contribution < 1.29 is 18.7 Å². The SMILES string of the molecule is CCC(O)c1cnc(-c2ccc(C(=O)Nc3nc4cc(F)ccc4s3)cn2)c(F)c1. The number of anilines is 1. The predicted molar refractivity (Wildman–Crippen MR) is 110 cm³/mol. The van der Waals surface area contributed by atoms with Gasteiger partial charge in [-0.2, -0.15) is 0 Å². The van der Waals surface area contributed by atoms with Crippen molar-refractivity contribution in [2.75, 3.05) is 5.32 Å². The summed E-state index contributed by atoms with van der Waals surface area (Å²) in [7, 11) is 0. The number of amides is 1. The topological polar surface area (TPSA) is 88.0 Å². The average Bonchev–Trinajstić information content (AvgIpc) is 3.14. The zero-order valence-corrected chi connectivity index (χ0v) is 16.6. The molecule has 0 saturated heterocycles. The van der Waals surface area contributed by atoms with Gasteiger partial charge in [0.1, 0.15) is 11.5 Å². The van der Waals surface area contributed by atoms with Gasteiger partial charge in [-0.15, -0.1) is 0 Å². The molecule has 4 aromatic rings. The minimum atomic E-state index is -0.779. The minimum Gasteiger partial charge on any atom is -0.388 e. The number of nitrogens with one attached hydrogen (secondary N) is 1. The van der Waals surface area contributed by atoms with E-state index in [-0.39, 0.29) is 17.0 Å². The Morgan fingerprint density at radius 3 is 2.70 bits per heavy atom. The van der Waals surface area contributed by atoms with Gasteiger partial charge in [0, 0.05) is 24.0 Å². The number of pyridine rings is 2. The number of hydrogen-bond acceptors (Lipinski definition) is 6. The molecule has 0 aliphatic heterocycles. The highest BCUT2D eigenvalue weighted by Gasteiger charge is 2.15. The van der Waals surface area contributed by atoms with Gasteiger partial charge in [-0.25, -0.2) is 13.8 Å². The molecule has 1 aromatic carbocycles. The Bertz CT molecular complexity index is 1230. The normalized spacial score (nSPS) is 12.1. The fourth-order valence-corrected chi connectivity index (χ4v) is 3.69. The molecule has 3 aromatic heterocycles. The predicted octanol–water partition coefficient (Wildman–Crippen LogP) is 4.73. The summed E-state index contributed by atoms with van der Waals surface area (Å²) in [6.07, 6.45) is 2.39. The summed E-state index contributed by atoms with van der Waals surface area (Å²) in [5, 5.41) is 12.8. The number of fused-ring (bicyclic) bond motifs is 1. The van der Waals surface area contributed by atoms with Gasteiger partial charge < -0.3 is 5.11 Å². The first-order valence-corrected chi connectivity index (χ1v) is 9.93. The Kier molecular flexibility index (Phi) is 5.47. The van der Waals surface area contributed by atoms with Crippen LogP contribution in [0.3, 0.4) is 0 Å².